The van der Waals surface area contributed by atoms with Crippen LogP contribution in [0.15, 0.2) is 30.3 Å². The van der Waals surface area contributed by atoms with Gasteiger partial charge in [-0.2, -0.15) is 0 Å². The molecule has 1 aromatic rings. The summed E-state index contributed by atoms with van der Waals surface area (Å²) in [5.74, 6) is -1.09. The van der Waals surface area contributed by atoms with E-state index >= 15 is 0 Å². The third-order valence-corrected chi connectivity index (χ3v) is 6.38. The molecule has 40 heavy (non-hydrogen) atoms. The Morgan fingerprint density at radius 1 is 0.925 bits per heavy atom. The van der Waals surface area contributed by atoms with Crippen LogP contribution in [0.1, 0.15) is 27.3 Å². The zero-order chi connectivity index (χ0) is 27.1. The number of methoxy groups -OCH3 is 2. The fraction of sp³-hybridized carbons (Fsp3) is 0.692. The zero-order valence-corrected chi connectivity index (χ0v) is 23.9. The van der Waals surface area contributed by atoms with E-state index in [2.05, 4.69) is 10.6 Å². The van der Waals surface area contributed by atoms with E-state index in [1.54, 1.807) is 0 Å². The van der Waals surface area contributed by atoms with Gasteiger partial charge in [0.25, 0.3) is 5.91 Å². The SMILES string of the molecule is C.C.COC1OC(CO)[C@@H](O)[C@H](OC2OC(C(=O)NCCc3ccccc3)[C@@H](OC)[C@H](O)[C@@H]2O)[C@@H]1NC(C)=O.[Na+]. The Bertz CT molecular complexity index is 883. The predicted molar refractivity (Wildman–Crippen MR) is 139 cm³/mol. The Morgan fingerprint density at radius 3 is 2.12 bits per heavy atom. The Balaban J connectivity index is 0.00000507. The van der Waals surface area contributed by atoms with Crippen molar-refractivity contribution in [3.8, 4) is 0 Å². The third kappa shape index (κ3) is 9.41. The molecule has 4 unspecified atom stereocenters. The average molecular weight is 584 g/mol. The van der Waals surface area contributed by atoms with Crippen LogP contribution in [0.4, 0.5) is 0 Å². The average Bonchev–Trinajstić information content (AvgIpc) is 2.89. The summed E-state index contributed by atoms with van der Waals surface area (Å²) < 4.78 is 27.6. The molecular weight excluding hydrogens is 539 g/mol. The van der Waals surface area contributed by atoms with Crippen molar-refractivity contribution in [1.29, 1.82) is 0 Å². The minimum atomic E-state index is -1.68. The molecule has 14 heteroatoms. The molecule has 2 aliphatic rings. The minimum absolute atomic E-state index is 0. The summed E-state index contributed by atoms with van der Waals surface area (Å²) in [4.78, 5) is 24.8. The minimum Gasteiger partial charge on any atom is -0.394 e. The van der Waals surface area contributed by atoms with E-state index in [-0.39, 0.29) is 51.0 Å². The summed E-state index contributed by atoms with van der Waals surface area (Å²) in [6.45, 7) is 0.922. The summed E-state index contributed by atoms with van der Waals surface area (Å²) in [5, 5.41) is 47.1. The van der Waals surface area contributed by atoms with Crippen LogP contribution >= 0.6 is 0 Å². The second-order valence-corrected chi connectivity index (χ2v) is 8.91. The fourth-order valence-corrected chi connectivity index (χ4v) is 4.47. The second-order valence-electron chi connectivity index (χ2n) is 8.91. The topological polar surface area (TPSA) is 185 Å². The molecule has 2 heterocycles. The molecule has 13 nitrogen and oxygen atoms in total. The van der Waals surface area contributed by atoms with Gasteiger partial charge in [0.15, 0.2) is 18.7 Å². The van der Waals surface area contributed by atoms with Crippen LogP contribution in [0.25, 0.3) is 0 Å². The Labute approximate surface area is 257 Å². The Kier molecular flexibility index (Phi) is 17.8. The van der Waals surface area contributed by atoms with Crippen LogP contribution in [-0.4, -0.2) is 121 Å². The van der Waals surface area contributed by atoms with Crippen LogP contribution in [-0.2, 0) is 39.7 Å². The molecule has 2 saturated heterocycles. The standard InChI is InChI=1S/C24H36N2O11.2CH4.Na/c1-12(28)26-15-19(16(29)14(11-27)35-23(15)34-3)36-24-18(31)17(30)20(33-2)21(37-24)22(32)25-10-9-13-7-5-4-6-8-13;;;/h4-8,14-21,23-24,27,29-31H,9-11H2,1-3H3,(H,25,32)(H,26,28);2*1H4;/q;;;+1/t14?,15-,16+,17+,18-,19+,20-,21?,23?,24?;;;/m0.../s1. The number of carbonyl (C=O) groups is 2. The molecule has 1 aromatic carbocycles. The first-order valence-corrected chi connectivity index (χ1v) is 12.0. The number of hydrogen-bond acceptors (Lipinski definition) is 11. The summed E-state index contributed by atoms with van der Waals surface area (Å²) in [6, 6.07) is 8.42. The van der Waals surface area contributed by atoms with E-state index in [0.717, 1.165) is 5.56 Å². The van der Waals surface area contributed by atoms with Crippen molar-refractivity contribution in [2.75, 3.05) is 27.4 Å². The number of carbonyl (C=O) groups excluding carboxylic acids is 2. The van der Waals surface area contributed by atoms with Gasteiger partial charge in [-0.1, -0.05) is 45.2 Å². The van der Waals surface area contributed by atoms with E-state index in [0.29, 0.717) is 6.42 Å². The van der Waals surface area contributed by atoms with E-state index in [1.807, 2.05) is 30.3 Å². The predicted octanol–water partition coefficient (Wildman–Crippen LogP) is -4.30. The number of hydrogen-bond donors (Lipinski definition) is 6. The van der Waals surface area contributed by atoms with Crippen LogP contribution in [0.3, 0.4) is 0 Å². The first kappa shape index (κ1) is 38.8. The fourth-order valence-electron chi connectivity index (χ4n) is 4.47. The van der Waals surface area contributed by atoms with E-state index in [1.165, 1.54) is 21.1 Å². The van der Waals surface area contributed by atoms with E-state index in [9.17, 15) is 30.0 Å². The first-order chi connectivity index (χ1) is 17.7. The van der Waals surface area contributed by atoms with E-state index < -0.39 is 79.8 Å². The van der Waals surface area contributed by atoms with Gasteiger partial charge in [-0.25, -0.2) is 0 Å². The molecular formula is C26H44N2NaO11+. The molecule has 3 rings (SSSR count). The van der Waals surface area contributed by atoms with Gasteiger partial charge in [-0.15, -0.1) is 0 Å². The van der Waals surface area contributed by atoms with E-state index in [4.69, 9.17) is 23.7 Å². The van der Waals surface area contributed by atoms with Crippen molar-refractivity contribution < 1.29 is 83.3 Å². The van der Waals surface area contributed by atoms with Crippen molar-refractivity contribution in [3.63, 3.8) is 0 Å². The molecule has 0 aromatic heterocycles. The Hall–Kier alpha value is -1.20. The summed E-state index contributed by atoms with van der Waals surface area (Å²) in [6.07, 6.45) is -12.0. The van der Waals surface area contributed by atoms with Gasteiger partial charge in [0, 0.05) is 27.7 Å². The van der Waals surface area contributed by atoms with Crippen LogP contribution in [0, 0.1) is 0 Å². The van der Waals surface area contributed by atoms with Crippen molar-refractivity contribution >= 4 is 11.8 Å². The van der Waals surface area contributed by atoms with Gasteiger partial charge in [0.2, 0.25) is 5.91 Å². The molecule has 224 valence electrons. The molecule has 0 bridgehead atoms. The number of aliphatic hydroxyl groups is 4. The molecule has 0 aliphatic carbocycles. The van der Waals surface area contributed by atoms with Crippen LogP contribution < -0.4 is 40.2 Å². The van der Waals surface area contributed by atoms with Gasteiger partial charge in [0.1, 0.15) is 42.7 Å². The summed E-state index contributed by atoms with van der Waals surface area (Å²) >= 11 is 0. The number of nitrogens with one attached hydrogen (secondary N) is 2. The third-order valence-electron chi connectivity index (χ3n) is 6.38. The number of benzene rings is 1. The molecule has 6 N–H and O–H groups in total. The van der Waals surface area contributed by atoms with Crippen LogP contribution in [0.2, 0.25) is 0 Å². The van der Waals surface area contributed by atoms with Crippen molar-refractivity contribution in [2.45, 2.75) is 89.5 Å². The van der Waals surface area contributed by atoms with Gasteiger partial charge >= 0.3 is 29.6 Å². The van der Waals surface area contributed by atoms with Gasteiger partial charge in [0.05, 0.1) is 6.61 Å². The maximum Gasteiger partial charge on any atom is 1.00 e. The number of rotatable bonds is 10. The zero-order valence-electron chi connectivity index (χ0n) is 21.9. The van der Waals surface area contributed by atoms with Crippen molar-refractivity contribution in [2.24, 2.45) is 0 Å². The molecule has 2 amide bonds. The molecule has 0 spiro atoms. The first-order valence-electron chi connectivity index (χ1n) is 12.0. The number of ether oxygens (including phenoxy) is 5. The maximum absolute atomic E-state index is 13.0. The molecule has 0 saturated carbocycles. The molecule has 10 atom stereocenters. The Morgan fingerprint density at radius 2 is 1.57 bits per heavy atom. The van der Waals surface area contributed by atoms with Crippen LogP contribution in [0.5, 0.6) is 0 Å². The molecule has 2 fully saturated rings. The smallest absolute Gasteiger partial charge is 0.394 e. The van der Waals surface area contributed by atoms with Gasteiger partial charge < -0.3 is 54.7 Å². The number of aliphatic hydroxyl groups excluding tert-OH is 4. The quantitative estimate of drug-likeness (QED) is 0.146. The van der Waals surface area contributed by atoms with Crippen molar-refractivity contribution in [3.05, 3.63) is 35.9 Å². The maximum atomic E-state index is 13.0. The summed E-state index contributed by atoms with van der Waals surface area (Å²) in [5.41, 5.74) is 1.01. The van der Waals surface area contributed by atoms with Gasteiger partial charge in [-0.3, -0.25) is 9.59 Å². The normalized spacial score (nSPS) is 33.4. The van der Waals surface area contributed by atoms with Gasteiger partial charge in [-0.05, 0) is 12.0 Å². The van der Waals surface area contributed by atoms with Crippen molar-refractivity contribution in [1.82, 2.24) is 10.6 Å². The largest absolute Gasteiger partial charge is 1.00 e. The monoisotopic (exact) mass is 583 g/mol. The summed E-state index contributed by atoms with van der Waals surface area (Å²) in [7, 11) is 2.57. The second kappa shape index (κ2) is 18.4. The number of amides is 2. The molecule has 2 aliphatic heterocycles. The molecule has 0 radical (unpaired) electrons.